The van der Waals surface area contributed by atoms with E-state index in [2.05, 4.69) is 5.10 Å². The minimum atomic E-state index is -2.64. The molecule has 2 rings (SSSR count). The zero-order valence-electron chi connectivity index (χ0n) is 11.5. The maximum atomic E-state index is 11.9. The zero-order chi connectivity index (χ0) is 14.6. The highest BCUT2D eigenvalue weighted by atomic mass is 31.2. The van der Waals surface area contributed by atoms with Crippen molar-refractivity contribution in [2.75, 3.05) is 19.9 Å². The van der Waals surface area contributed by atoms with Crippen LogP contribution in [0.1, 0.15) is 15.9 Å². The van der Waals surface area contributed by atoms with Crippen molar-refractivity contribution in [2.45, 2.75) is 6.54 Å². The lowest BCUT2D eigenvalue weighted by molar-refractivity contribution is 0.0924. The lowest BCUT2D eigenvalue weighted by atomic mass is 10.2. The van der Waals surface area contributed by atoms with Crippen LogP contribution in [0.3, 0.4) is 0 Å². The Morgan fingerprint density at radius 2 is 2.00 bits per heavy atom. The van der Waals surface area contributed by atoms with Gasteiger partial charge in [-0.15, -0.1) is 0 Å². The molecular formula is C14H17N2O3P. The summed E-state index contributed by atoms with van der Waals surface area (Å²) in [6.45, 7) is 3.40. The van der Waals surface area contributed by atoms with Crippen LogP contribution in [0.4, 0.5) is 0 Å². The molecule has 0 bridgehead atoms. The van der Waals surface area contributed by atoms with Crippen molar-refractivity contribution in [3.8, 4) is 0 Å². The van der Waals surface area contributed by atoms with E-state index in [0.717, 1.165) is 5.56 Å². The Bertz CT molecular complexity index is 631. The van der Waals surface area contributed by atoms with E-state index < -0.39 is 7.37 Å². The van der Waals surface area contributed by atoms with Crippen LogP contribution in [0.5, 0.6) is 0 Å². The molecule has 0 aliphatic heterocycles. The number of rotatable bonds is 6. The first-order valence-corrected chi connectivity index (χ1v) is 8.75. The Balaban J connectivity index is 1.98. The molecule has 0 N–H and O–H groups in total. The quantitative estimate of drug-likeness (QED) is 0.606. The standard InChI is InChI=1S/C14H17N2O3P/c1-20(2,18)19-11-14(17)13-8-15-16(10-13)9-12-6-4-3-5-7-12/h3-8,10H,9,11H2,1-2H3. The highest BCUT2D eigenvalue weighted by molar-refractivity contribution is 7.57. The molecule has 1 heterocycles. The van der Waals surface area contributed by atoms with Crippen LogP contribution in [-0.2, 0) is 15.6 Å². The normalized spacial score (nSPS) is 11.5. The molecule has 0 saturated heterocycles. The molecule has 0 atom stereocenters. The first-order chi connectivity index (χ1) is 9.44. The van der Waals surface area contributed by atoms with Gasteiger partial charge in [-0.05, 0) is 5.56 Å². The molecule has 0 amide bonds. The van der Waals surface area contributed by atoms with E-state index in [9.17, 15) is 9.36 Å². The first kappa shape index (κ1) is 14.7. The summed E-state index contributed by atoms with van der Waals surface area (Å²) in [6.07, 6.45) is 3.18. The number of ketones is 1. The third-order valence-electron chi connectivity index (χ3n) is 2.65. The Morgan fingerprint density at radius 1 is 1.30 bits per heavy atom. The number of carbonyl (C=O) groups excluding carboxylic acids is 1. The number of aromatic nitrogens is 2. The van der Waals surface area contributed by atoms with Crippen LogP contribution in [-0.4, -0.2) is 35.5 Å². The molecule has 5 nitrogen and oxygen atoms in total. The van der Waals surface area contributed by atoms with Crippen molar-refractivity contribution in [3.05, 3.63) is 53.9 Å². The Labute approximate surface area is 118 Å². The number of Topliss-reactive ketones (excluding diaryl/α,β-unsaturated/α-hetero) is 1. The minimum absolute atomic E-state index is 0.179. The molecule has 0 fully saturated rings. The van der Waals surface area contributed by atoms with Crippen molar-refractivity contribution in [1.82, 2.24) is 9.78 Å². The Hall–Kier alpha value is -1.71. The average molecular weight is 292 g/mol. The highest BCUT2D eigenvalue weighted by Crippen LogP contribution is 2.36. The largest absolute Gasteiger partial charge is 0.320 e. The number of hydrogen-bond donors (Lipinski definition) is 0. The van der Waals surface area contributed by atoms with Crippen LogP contribution in [0.15, 0.2) is 42.7 Å². The smallest absolute Gasteiger partial charge is 0.197 e. The second-order valence-corrected chi connectivity index (χ2v) is 7.62. The molecule has 0 unspecified atom stereocenters. The summed E-state index contributed by atoms with van der Waals surface area (Å²) in [5, 5.41) is 4.15. The van der Waals surface area contributed by atoms with Gasteiger partial charge in [-0.3, -0.25) is 14.0 Å². The Kier molecular flexibility index (Phi) is 4.53. The fourth-order valence-electron chi connectivity index (χ4n) is 1.66. The summed E-state index contributed by atoms with van der Waals surface area (Å²) in [7, 11) is -2.64. The average Bonchev–Trinajstić information content (AvgIpc) is 2.85. The molecule has 0 saturated carbocycles. The van der Waals surface area contributed by atoms with Gasteiger partial charge in [0.2, 0.25) is 0 Å². The number of nitrogens with zero attached hydrogens (tertiary/aromatic N) is 2. The van der Waals surface area contributed by atoms with Gasteiger partial charge in [0.15, 0.2) is 13.2 Å². The monoisotopic (exact) mass is 292 g/mol. The molecule has 0 radical (unpaired) electrons. The van der Waals surface area contributed by atoms with Crippen LogP contribution in [0, 0.1) is 0 Å². The SMILES string of the molecule is CP(C)(=O)OCC(=O)c1cnn(Cc2ccccc2)c1. The van der Waals surface area contributed by atoms with E-state index in [1.165, 1.54) is 19.5 Å². The van der Waals surface area contributed by atoms with E-state index in [1.807, 2.05) is 30.3 Å². The van der Waals surface area contributed by atoms with Crippen LogP contribution < -0.4 is 0 Å². The van der Waals surface area contributed by atoms with Crippen LogP contribution in [0.2, 0.25) is 0 Å². The van der Waals surface area contributed by atoms with Crippen molar-refractivity contribution in [1.29, 1.82) is 0 Å². The van der Waals surface area contributed by atoms with Gasteiger partial charge >= 0.3 is 0 Å². The van der Waals surface area contributed by atoms with Gasteiger partial charge in [-0.25, -0.2) is 0 Å². The second kappa shape index (κ2) is 6.16. The number of hydrogen-bond acceptors (Lipinski definition) is 4. The third kappa shape index (κ3) is 4.44. The molecular weight excluding hydrogens is 275 g/mol. The van der Waals surface area contributed by atoms with Gasteiger partial charge in [0.25, 0.3) is 0 Å². The summed E-state index contributed by atoms with van der Waals surface area (Å²) in [5.41, 5.74) is 1.58. The van der Waals surface area contributed by atoms with Gasteiger partial charge in [0.1, 0.15) is 6.61 Å². The summed E-state index contributed by atoms with van der Waals surface area (Å²) < 4.78 is 18.1. The molecule has 1 aromatic heterocycles. The molecule has 20 heavy (non-hydrogen) atoms. The van der Waals surface area contributed by atoms with E-state index in [1.54, 1.807) is 10.9 Å². The summed E-state index contributed by atoms with van der Waals surface area (Å²) in [4.78, 5) is 11.9. The minimum Gasteiger partial charge on any atom is -0.320 e. The van der Waals surface area contributed by atoms with Crippen LogP contribution >= 0.6 is 7.37 Å². The van der Waals surface area contributed by atoms with Gasteiger partial charge in [-0.1, -0.05) is 30.3 Å². The fourth-order valence-corrected chi connectivity index (χ4v) is 2.09. The lowest BCUT2D eigenvalue weighted by Crippen LogP contribution is -2.07. The summed E-state index contributed by atoms with van der Waals surface area (Å²) in [6, 6.07) is 9.86. The molecule has 2 aromatic rings. The Morgan fingerprint density at radius 3 is 2.65 bits per heavy atom. The predicted molar refractivity (Wildman–Crippen MR) is 77.5 cm³/mol. The van der Waals surface area contributed by atoms with Gasteiger partial charge in [-0.2, -0.15) is 5.10 Å². The molecule has 0 aliphatic carbocycles. The number of carbonyl (C=O) groups is 1. The molecule has 0 spiro atoms. The van der Waals surface area contributed by atoms with Crippen molar-refractivity contribution >= 4 is 13.2 Å². The van der Waals surface area contributed by atoms with Gasteiger partial charge in [0.05, 0.1) is 18.3 Å². The number of benzene rings is 1. The second-order valence-electron chi connectivity index (χ2n) is 4.86. The molecule has 6 heteroatoms. The van der Waals surface area contributed by atoms with Crippen molar-refractivity contribution < 1.29 is 13.9 Å². The maximum absolute atomic E-state index is 11.9. The predicted octanol–water partition coefficient (Wildman–Crippen LogP) is 2.67. The summed E-state index contributed by atoms with van der Waals surface area (Å²) in [5.74, 6) is -0.215. The third-order valence-corrected chi connectivity index (χ3v) is 3.40. The van der Waals surface area contributed by atoms with Gasteiger partial charge < -0.3 is 4.52 Å². The molecule has 0 aliphatic rings. The van der Waals surface area contributed by atoms with E-state index in [-0.39, 0.29) is 12.4 Å². The summed E-state index contributed by atoms with van der Waals surface area (Å²) >= 11 is 0. The van der Waals surface area contributed by atoms with E-state index >= 15 is 0 Å². The van der Waals surface area contributed by atoms with Crippen molar-refractivity contribution in [3.63, 3.8) is 0 Å². The lowest BCUT2D eigenvalue weighted by Gasteiger charge is -2.06. The first-order valence-electron chi connectivity index (χ1n) is 6.23. The van der Waals surface area contributed by atoms with Crippen molar-refractivity contribution in [2.24, 2.45) is 0 Å². The molecule has 1 aromatic carbocycles. The van der Waals surface area contributed by atoms with E-state index in [4.69, 9.17) is 4.52 Å². The van der Waals surface area contributed by atoms with E-state index in [0.29, 0.717) is 12.1 Å². The topological polar surface area (TPSA) is 61.2 Å². The maximum Gasteiger partial charge on any atom is 0.197 e. The zero-order valence-corrected chi connectivity index (χ0v) is 12.4. The highest BCUT2D eigenvalue weighted by Gasteiger charge is 2.14. The molecule has 106 valence electrons. The fraction of sp³-hybridized carbons (Fsp3) is 0.286. The van der Waals surface area contributed by atoms with Gasteiger partial charge in [0, 0.05) is 19.5 Å². The van der Waals surface area contributed by atoms with Crippen LogP contribution in [0.25, 0.3) is 0 Å².